The van der Waals surface area contributed by atoms with Crippen LogP contribution in [0.25, 0.3) is 0 Å². The summed E-state index contributed by atoms with van der Waals surface area (Å²) in [5, 5.41) is 12.9. The van der Waals surface area contributed by atoms with Gasteiger partial charge in [-0.05, 0) is 93.1 Å². The molecule has 6 aliphatic rings. The van der Waals surface area contributed by atoms with Gasteiger partial charge in [0.15, 0.2) is 24.3 Å². The Kier molecular flexibility index (Phi) is 8.52. The number of esters is 1. The lowest BCUT2D eigenvalue weighted by Gasteiger charge is -2.66. The molecule has 1 N–H and O–H groups in total. The highest BCUT2D eigenvalue weighted by atomic mass is 16.7. The van der Waals surface area contributed by atoms with Crippen LogP contribution in [0.2, 0.25) is 0 Å². The molecule has 7 heteroatoms. The van der Waals surface area contributed by atoms with Crippen molar-refractivity contribution in [3.8, 4) is 0 Å². The zero-order valence-corrected chi connectivity index (χ0v) is 31.0. The molecule has 5 aliphatic carbocycles. The fourth-order valence-electron chi connectivity index (χ4n) is 12.0. The van der Waals surface area contributed by atoms with E-state index in [1.54, 1.807) is 13.8 Å². The number of ketones is 2. The summed E-state index contributed by atoms with van der Waals surface area (Å²) in [6, 6.07) is 0. The maximum Gasteiger partial charge on any atom is 0.309 e. The Labute approximate surface area is 293 Å². The number of ether oxygens (including phenoxy) is 3. The smallest absolute Gasteiger partial charge is 0.309 e. The first-order valence-corrected chi connectivity index (χ1v) is 18.9. The maximum absolute atomic E-state index is 15.1. The van der Waals surface area contributed by atoms with E-state index in [-0.39, 0.29) is 41.8 Å². The quantitative estimate of drug-likeness (QED) is 0.265. The van der Waals surface area contributed by atoms with Crippen molar-refractivity contribution in [3.05, 3.63) is 22.8 Å². The van der Waals surface area contributed by atoms with Gasteiger partial charge in [0.1, 0.15) is 0 Å². The van der Waals surface area contributed by atoms with Gasteiger partial charge in [-0.3, -0.25) is 14.4 Å². The summed E-state index contributed by atoms with van der Waals surface area (Å²) in [6.07, 6.45) is 2.63. The maximum atomic E-state index is 15.1. The first-order chi connectivity index (χ1) is 23.7. The van der Waals surface area contributed by atoms with Crippen molar-refractivity contribution < 1.29 is 37.8 Å². The van der Waals surface area contributed by atoms with E-state index >= 15 is 4.79 Å². The molecule has 6 rings (SSSR count). The highest BCUT2D eigenvalue weighted by molar-refractivity contribution is 6.06. The molecule has 0 aromatic heterocycles. The number of carbonyl (C=O) groups excluding carboxylic acids is 3. The van der Waals surface area contributed by atoms with Crippen molar-refractivity contribution >= 4 is 17.5 Å². The number of rotatable bonds is 8. The van der Waals surface area contributed by atoms with E-state index < -0.39 is 77.4 Å². The van der Waals surface area contributed by atoms with Crippen LogP contribution in [0.1, 0.15) is 125 Å². The van der Waals surface area contributed by atoms with Crippen molar-refractivity contribution in [3.63, 3.8) is 0 Å². The molecule has 0 spiro atoms. The molecule has 0 aromatic rings. The van der Waals surface area contributed by atoms with Gasteiger partial charge in [-0.2, -0.15) is 0 Å². The number of allylic oxidation sites excluding steroid dienone is 4. The van der Waals surface area contributed by atoms with Gasteiger partial charge in [0.05, 0.1) is 18.1 Å². The van der Waals surface area contributed by atoms with Crippen LogP contribution < -0.4 is 0 Å². The molecule has 5 fully saturated rings. The predicted octanol–water partition coefficient (Wildman–Crippen LogP) is 7.64. The molecule has 48 heavy (non-hydrogen) atoms. The predicted molar refractivity (Wildman–Crippen MR) is 185 cm³/mol. The fourth-order valence-corrected chi connectivity index (χ4v) is 12.0. The van der Waals surface area contributed by atoms with Gasteiger partial charge in [-0.25, -0.2) is 0 Å². The normalized spacial score (nSPS) is 47.2. The molecule has 4 saturated carbocycles. The molecule has 7 nitrogen and oxygen atoms in total. The Balaban J connectivity index is 1.50. The highest BCUT2D eigenvalue weighted by Crippen LogP contribution is 2.74. The summed E-state index contributed by atoms with van der Waals surface area (Å²) in [5.41, 5.74) is -1.48. The van der Waals surface area contributed by atoms with Gasteiger partial charge in [0, 0.05) is 26.8 Å². The van der Waals surface area contributed by atoms with E-state index in [9.17, 15) is 17.4 Å². The second-order valence-corrected chi connectivity index (χ2v) is 16.9. The molecule has 0 bridgehead atoms. The lowest BCUT2D eigenvalue weighted by Crippen LogP contribution is -2.69. The molecule has 0 radical (unpaired) electrons. The monoisotopic (exact) mass is 669 g/mol. The van der Waals surface area contributed by atoms with Gasteiger partial charge >= 0.3 is 5.97 Å². The SMILES string of the molecule is [2H]C1([2H])C[C@@H]2[C@H]([C@@H](O)C(C)[C@@]3(CC)[C@H]2C[C@H]2O[C@H](C4CCCCC4C)O[C@]23C(=O)COC(=O)C([2H])(C)C(C)C)[C@]2(C(C)C)C1=CC(=O)C(C)=C2C. The summed E-state index contributed by atoms with van der Waals surface area (Å²) in [4.78, 5) is 41.6. The topological polar surface area (TPSA) is 99.1 Å². The van der Waals surface area contributed by atoms with Crippen LogP contribution in [-0.2, 0) is 28.6 Å². The minimum atomic E-state index is -1.83. The molecule has 0 amide bonds. The number of carbonyl (C=O) groups is 3. The zero-order chi connectivity index (χ0) is 37.8. The minimum Gasteiger partial charge on any atom is -0.457 e. The molecule has 0 aromatic carbocycles. The van der Waals surface area contributed by atoms with Crippen LogP contribution in [0.15, 0.2) is 22.8 Å². The Hall–Kier alpha value is -1.83. The number of Topliss-reactive ketones (excluding diaryl/α,β-unsaturated/α-hetero) is 1. The van der Waals surface area contributed by atoms with Crippen molar-refractivity contribution in [2.45, 2.75) is 145 Å². The average molecular weight is 670 g/mol. The molecule has 268 valence electrons. The fraction of sp³-hybridized carbons (Fsp3) is 0.829. The zero-order valence-electron chi connectivity index (χ0n) is 34.0. The van der Waals surface area contributed by atoms with E-state index in [1.165, 1.54) is 13.0 Å². The van der Waals surface area contributed by atoms with Gasteiger partial charge in [0.2, 0.25) is 5.78 Å². The van der Waals surface area contributed by atoms with Crippen LogP contribution >= 0.6 is 0 Å². The van der Waals surface area contributed by atoms with Gasteiger partial charge in [-0.15, -0.1) is 0 Å². The molecule has 13 atom stereocenters. The highest BCUT2D eigenvalue weighted by Gasteiger charge is 2.80. The van der Waals surface area contributed by atoms with Gasteiger partial charge in [0.25, 0.3) is 0 Å². The number of aliphatic hydroxyl groups is 1. The van der Waals surface area contributed by atoms with E-state index in [1.807, 2.05) is 27.7 Å². The summed E-state index contributed by atoms with van der Waals surface area (Å²) < 4.78 is 47.5. The number of hydrogen-bond acceptors (Lipinski definition) is 7. The lowest BCUT2D eigenvalue weighted by atomic mass is 9.39. The van der Waals surface area contributed by atoms with Crippen LogP contribution in [0.5, 0.6) is 0 Å². The minimum absolute atomic E-state index is 0.0919. The first-order valence-electron chi connectivity index (χ1n) is 20.4. The molecule has 1 heterocycles. The largest absolute Gasteiger partial charge is 0.457 e. The van der Waals surface area contributed by atoms with Crippen LogP contribution in [-0.4, -0.2) is 53.3 Å². The van der Waals surface area contributed by atoms with Crippen molar-refractivity contribution in [1.29, 1.82) is 0 Å². The summed E-state index contributed by atoms with van der Waals surface area (Å²) in [5.74, 6) is -4.39. The van der Waals surface area contributed by atoms with E-state index in [2.05, 4.69) is 20.8 Å². The van der Waals surface area contributed by atoms with Crippen molar-refractivity contribution in [2.75, 3.05) is 6.61 Å². The number of aliphatic hydroxyl groups excluding tert-OH is 1. The number of fused-ring (bicyclic) bond motifs is 7. The van der Waals surface area contributed by atoms with Gasteiger partial charge in [-0.1, -0.05) is 85.8 Å². The summed E-state index contributed by atoms with van der Waals surface area (Å²) in [6.45, 7) is 18.6. The van der Waals surface area contributed by atoms with Crippen LogP contribution in [0.4, 0.5) is 0 Å². The second kappa shape index (κ2) is 12.7. The van der Waals surface area contributed by atoms with E-state index in [0.29, 0.717) is 29.9 Å². The van der Waals surface area contributed by atoms with E-state index in [4.69, 9.17) is 15.6 Å². The first kappa shape index (κ1) is 32.1. The van der Waals surface area contributed by atoms with Gasteiger partial charge < -0.3 is 19.3 Å². The summed E-state index contributed by atoms with van der Waals surface area (Å²) >= 11 is 0. The van der Waals surface area contributed by atoms with E-state index in [0.717, 1.165) is 31.3 Å². The Bertz CT molecular complexity index is 1520. The molecule has 4 unspecified atom stereocenters. The molecule has 1 saturated heterocycles. The molecular formula is C41H62O7. The average Bonchev–Trinajstić information content (AvgIpc) is 3.58. The van der Waals surface area contributed by atoms with Crippen LogP contribution in [0.3, 0.4) is 0 Å². The Morgan fingerprint density at radius 1 is 1.10 bits per heavy atom. The Morgan fingerprint density at radius 2 is 1.79 bits per heavy atom. The lowest BCUT2D eigenvalue weighted by molar-refractivity contribution is -0.241. The standard InChI is InChI=1S/C41H62O7/c1-11-39-27(10)36(44)35-30(17-16-28-18-32(42)25(8)26(9)40(28,35)22(4)5)31(39)19-34-41(39,33(43)20-46-37(45)24(7)21(2)3)48-38(47-34)29-15-13-12-14-23(29)6/h18,21-24,27,29-31,34-36,38,44H,11-17,19-20H2,1-10H3/t23?,24?,27?,29?,30-,31-,34+,35+,36-,38-,39-,40-,41+/m0/s1/i16D2,24D. The molecular weight excluding hydrogens is 604 g/mol. The Morgan fingerprint density at radius 3 is 2.42 bits per heavy atom. The van der Waals surface area contributed by atoms with Crippen molar-refractivity contribution in [2.24, 2.45) is 64.1 Å². The van der Waals surface area contributed by atoms with Crippen molar-refractivity contribution in [1.82, 2.24) is 0 Å². The second-order valence-electron chi connectivity index (χ2n) is 16.9. The third-order valence-electron chi connectivity index (χ3n) is 14.8. The third-order valence-corrected chi connectivity index (χ3v) is 14.8. The number of hydrogen-bond donors (Lipinski definition) is 1. The van der Waals surface area contributed by atoms with Crippen LogP contribution in [0, 0.1) is 64.1 Å². The third kappa shape index (κ3) is 4.71. The summed E-state index contributed by atoms with van der Waals surface area (Å²) in [7, 11) is 0. The molecule has 1 aliphatic heterocycles.